The Morgan fingerprint density at radius 3 is 1.67 bits per heavy atom. The molecule has 0 N–H and O–H groups in total. The van der Waals surface area contributed by atoms with E-state index in [1.165, 1.54) is 23.5 Å². The fourth-order valence-corrected chi connectivity index (χ4v) is 6.84. The maximum absolute atomic E-state index is 11.8. The molecule has 0 fully saturated rings. The largest absolute Gasteiger partial charge is 0.426 e. The van der Waals surface area contributed by atoms with Crippen molar-refractivity contribution in [1.82, 2.24) is 0 Å². The monoisotopic (exact) mass is 362 g/mol. The molecular formula is C12H10O5S4. The molecule has 0 saturated carbocycles. The Kier molecular flexibility index (Phi) is 3.95. The highest BCUT2D eigenvalue weighted by molar-refractivity contribution is 8.11. The highest BCUT2D eigenvalue weighted by Crippen LogP contribution is 2.46. The molecule has 0 aliphatic carbocycles. The smallest absolute Gasteiger partial charge is 0.348 e. The van der Waals surface area contributed by atoms with Crippen molar-refractivity contribution in [3.63, 3.8) is 0 Å². The topological polar surface area (TPSA) is 61.8 Å². The number of carbonyl (C=O) groups excluding carboxylic acids is 2. The van der Waals surface area contributed by atoms with E-state index in [4.69, 9.17) is 14.2 Å². The second-order valence-electron chi connectivity index (χ2n) is 4.39. The summed E-state index contributed by atoms with van der Waals surface area (Å²) < 4.78 is 16.3. The molecule has 4 aliphatic rings. The predicted octanol–water partition coefficient (Wildman–Crippen LogP) is 2.15. The van der Waals surface area contributed by atoms with Gasteiger partial charge in [-0.1, -0.05) is 0 Å². The van der Waals surface area contributed by atoms with E-state index in [0.717, 1.165) is 32.8 Å². The van der Waals surface area contributed by atoms with Gasteiger partial charge in [0.25, 0.3) is 0 Å². The Morgan fingerprint density at radius 2 is 1.19 bits per heavy atom. The predicted molar refractivity (Wildman–Crippen MR) is 84.7 cm³/mol. The normalized spacial score (nSPS) is 32.0. The summed E-state index contributed by atoms with van der Waals surface area (Å²) in [6.45, 7) is 0. The Morgan fingerprint density at radius 1 is 0.762 bits per heavy atom. The zero-order valence-electron chi connectivity index (χ0n) is 10.7. The number of hydrogen-bond acceptors (Lipinski definition) is 9. The highest BCUT2D eigenvalue weighted by atomic mass is 32.2. The standard InChI is InChI=1S/C12H10O5S4/c13-9-5-7(20-3-1-18-5)11(15-9)17-12-8-6(10(14)16-12)19-2-4-21-8/h11-12H,1-4H2. The van der Waals surface area contributed by atoms with Crippen molar-refractivity contribution >= 4 is 59.0 Å². The van der Waals surface area contributed by atoms with Crippen LogP contribution in [0.15, 0.2) is 19.6 Å². The Bertz CT molecular complexity index is 534. The van der Waals surface area contributed by atoms with E-state index < -0.39 is 12.6 Å². The van der Waals surface area contributed by atoms with E-state index >= 15 is 0 Å². The number of hydrogen-bond donors (Lipinski definition) is 0. The average Bonchev–Trinajstić information content (AvgIpc) is 3.00. The number of carbonyl (C=O) groups is 2. The molecule has 0 bridgehead atoms. The Labute approximate surface area is 138 Å². The average molecular weight is 362 g/mol. The zero-order valence-corrected chi connectivity index (χ0v) is 13.9. The summed E-state index contributed by atoms with van der Waals surface area (Å²) in [4.78, 5) is 26.5. The molecule has 0 radical (unpaired) electrons. The van der Waals surface area contributed by atoms with Crippen molar-refractivity contribution in [2.75, 3.05) is 23.0 Å². The molecule has 0 amide bonds. The molecule has 112 valence electrons. The van der Waals surface area contributed by atoms with Gasteiger partial charge in [-0.2, -0.15) is 0 Å². The molecule has 5 nitrogen and oxygen atoms in total. The second kappa shape index (κ2) is 5.77. The van der Waals surface area contributed by atoms with Gasteiger partial charge in [0.1, 0.15) is 9.81 Å². The first-order valence-corrected chi connectivity index (χ1v) is 10.3. The molecule has 4 heterocycles. The minimum absolute atomic E-state index is 0.337. The first-order valence-electron chi connectivity index (χ1n) is 6.31. The van der Waals surface area contributed by atoms with Gasteiger partial charge >= 0.3 is 11.9 Å². The van der Waals surface area contributed by atoms with Crippen LogP contribution in [-0.4, -0.2) is 47.5 Å². The molecule has 0 spiro atoms. The first kappa shape index (κ1) is 14.4. The molecule has 0 aromatic heterocycles. The maximum atomic E-state index is 11.8. The van der Waals surface area contributed by atoms with Crippen LogP contribution < -0.4 is 0 Å². The van der Waals surface area contributed by atoms with Crippen LogP contribution in [-0.2, 0) is 23.8 Å². The van der Waals surface area contributed by atoms with Gasteiger partial charge in [-0.25, -0.2) is 9.59 Å². The fourth-order valence-electron chi connectivity index (χ4n) is 2.23. The molecule has 4 rings (SSSR count). The molecule has 2 unspecified atom stereocenters. The lowest BCUT2D eigenvalue weighted by atomic mass is 10.5. The summed E-state index contributed by atoms with van der Waals surface area (Å²) in [5.74, 6) is 2.95. The van der Waals surface area contributed by atoms with E-state index in [2.05, 4.69) is 0 Å². The van der Waals surface area contributed by atoms with Crippen molar-refractivity contribution in [1.29, 1.82) is 0 Å². The lowest BCUT2D eigenvalue weighted by Crippen LogP contribution is -2.25. The van der Waals surface area contributed by atoms with Crippen molar-refractivity contribution in [2.45, 2.75) is 12.6 Å². The summed E-state index contributed by atoms with van der Waals surface area (Å²) in [5.41, 5.74) is 0. The highest BCUT2D eigenvalue weighted by Gasteiger charge is 2.44. The van der Waals surface area contributed by atoms with Gasteiger partial charge in [0, 0.05) is 23.0 Å². The molecule has 9 heteroatoms. The second-order valence-corrected chi connectivity index (χ2v) is 8.87. The van der Waals surface area contributed by atoms with E-state index in [1.54, 1.807) is 23.5 Å². The molecule has 4 aliphatic heterocycles. The van der Waals surface area contributed by atoms with Crippen LogP contribution in [0, 0.1) is 0 Å². The molecule has 0 aromatic carbocycles. The van der Waals surface area contributed by atoms with E-state index in [9.17, 15) is 9.59 Å². The van der Waals surface area contributed by atoms with Gasteiger partial charge < -0.3 is 9.47 Å². The number of rotatable bonds is 2. The van der Waals surface area contributed by atoms with Crippen LogP contribution in [0.3, 0.4) is 0 Å². The molecule has 2 atom stereocenters. The summed E-state index contributed by atoms with van der Waals surface area (Å²) in [6.07, 6.45) is -1.50. The van der Waals surface area contributed by atoms with Crippen molar-refractivity contribution in [2.24, 2.45) is 0 Å². The van der Waals surface area contributed by atoms with Crippen LogP contribution in [0.25, 0.3) is 0 Å². The lowest BCUT2D eigenvalue weighted by molar-refractivity contribution is -0.200. The van der Waals surface area contributed by atoms with Crippen molar-refractivity contribution in [3.8, 4) is 0 Å². The SMILES string of the molecule is O=C1OC(OC2OC(=O)C3=C2SCCS3)C2=C1SCCS2. The summed E-state index contributed by atoms with van der Waals surface area (Å²) >= 11 is 6.16. The van der Waals surface area contributed by atoms with E-state index in [1.807, 2.05) is 0 Å². The van der Waals surface area contributed by atoms with Crippen molar-refractivity contribution in [3.05, 3.63) is 19.6 Å². The maximum Gasteiger partial charge on any atom is 0.348 e. The summed E-state index contributed by atoms with van der Waals surface area (Å²) in [7, 11) is 0. The molecule has 0 aromatic rings. The van der Waals surface area contributed by atoms with Gasteiger partial charge in [0.2, 0.25) is 12.6 Å². The fraction of sp³-hybridized carbons (Fsp3) is 0.500. The zero-order chi connectivity index (χ0) is 14.4. The minimum atomic E-state index is -0.748. The van der Waals surface area contributed by atoms with Gasteiger partial charge in [-0.15, -0.1) is 47.0 Å². The number of ether oxygens (including phenoxy) is 3. The van der Waals surface area contributed by atoms with Crippen LogP contribution in [0.2, 0.25) is 0 Å². The number of thioether (sulfide) groups is 4. The first-order chi connectivity index (χ1) is 10.2. The summed E-state index contributed by atoms with van der Waals surface area (Å²) in [5, 5.41) is 0. The third-order valence-corrected chi connectivity index (χ3v) is 8.27. The quantitative estimate of drug-likeness (QED) is 0.688. The molecular weight excluding hydrogens is 352 g/mol. The third-order valence-electron chi connectivity index (χ3n) is 3.10. The van der Waals surface area contributed by atoms with Crippen LogP contribution in [0.4, 0.5) is 0 Å². The third kappa shape index (κ3) is 2.52. The van der Waals surface area contributed by atoms with E-state index in [-0.39, 0.29) is 11.9 Å². The van der Waals surface area contributed by atoms with Crippen molar-refractivity contribution < 1.29 is 23.8 Å². The summed E-state index contributed by atoms with van der Waals surface area (Å²) in [6, 6.07) is 0. The molecule has 21 heavy (non-hydrogen) atoms. The van der Waals surface area contributed by atoms with Crippen LogP contribution in [0.5, 0.6) is 0 Å². The van der Waals surface area contributed by atoms with Crippen LogP contribution in [0.1, 0.15) is 0 Å². The number of cyclic esters (lactones) is 2. The van der Waals surface area contributed by atoms with Gasteiger partial charge in [0.05, 0.1) is 9.81 Å². The van der Waals surface area contributed by atoms with Gasteiger partial charge in [0.15, 0.2) is 0 Å². The van der Waals surface area contributed by atoms with E-state index in [0.29, 0.717) is 9.81 Å². The Hall–Kier alpha value is -0.220. The van der Waals surface area contributed by atoms with Gasteiger partial charge in [-0.3, -0.25) is 4.74 Å². The van der Waals surface area contributed by atoms with Gasteiger partial charge in [-0.05, 0) is 0 Å². The Balaban J connectivity index is 1.55. The molecule has 0 saturated heterocycles. The lowest BCUT2D eigenvalue weighted by Gasteiger charge is -2.21. The van der Waals surface area contributed by atoms with Crippen LogP contribution >= 0.6 is 47.0 Å². The number of esters is 2. The minimum Gasteiger partial charge on any atom is -0.426 e.